The number of hydrogen-bond donors (Lipinski definition) is 1. The molecular formula is C9H10N6. The molecule has 0 aliphatic carbocycles. The Morgan fingerprint density at radius 1 is 1.33 bits per heavy atom. The first-order valence-corrected chi connectivity index (χ1v) is 4.84. The van der Waals surface area contributed by atoms with Gasteiger partial charge < -0.3 is 5.32 Å². The molecule has 1 aliphatic heterocycles. The summed E-state index contributed by atoms with van der Waals surface area (Å²) in [5.74, 6) is 0. The van der Waals surface area contributed by atoms with Gasteiger partial charge in [-0.15, -0.1) is 10.2 Å². The molecule has 2 aromatic rings. The fraction of sp³-hybridized carbons (Fsp3) is 0.333. The highest BCUT2D eigenvalue weighted by molar-refractivity contribution is 5.51. The van der Waals surface area contributed by atoms with Gasteiger partial charge in [0, 0.05) is 19.3 Å². The fourth-order valence-electron chi connectivity index (χ4n) is 1.58. The lowest BCUT2D eigenvalue weighted by Crippen LogP contribution is -2.44. The monoisotopic (exact) mass is 202 g/mol. The van der Waals surface area contributed by atoms with Crippen molar-refractivity contribution in [1.82, 2.24) is 30.5 Å². The minimum atomic E-state index is 0.393. The molecule has 0 aromatic carbocycles. The van der Waals surface area contributed by atoms with Crippen LogP contribution in [0, 0.1) is 0 Å². The van der Waals surface area contributed by atoms with Crippen molar-refractivity contribution in [2.75, 3.05) is 13.1 Å². The van der Waals surface area contributed by atoms with E-state index in [1.54, 1.807) is 12.4 Å². The summed E-state index contributed by atoms with van der Waals surface area (Å²) >= 11 is 0. The van der Waals surface area contributed by atoms with Crippen LogP contribution in [0.5, 0.6) is 0 Å². The summed E-state index contributed by atoms with van der Waals surface area (Å²) in [7, 11) is 0. The Kier molecular flexibility index (Phi) is 1.92. The van der Waals surface area contributed by atoms with Crippen molar-refractivity contribution in [3.05, 3.63) is 24.5 Å². The molecule has 0 bridgehead atoms. The summed E-state index contributed by atoms with van der Waals surface area (Å²) in [6.45, 7) is 1.88. The molecule has 0 atom stereocenters. The molecule has 2 aromatic heterocycles. The second kappa shape index (κ2) is 3.39. The summed E-state index contributed by atoms with van der Waals surface area (Å²) in [6, 6.07) is 4.16. The summed E-state index contributed by atoms with van der Waals surface area (Å²) in [5.41, 5.74) is 1.74. The SMILES string of the molecule is c1cnnc(-c2cnnn2C2CNC2)c1. The van der Waals surface area contributed by atoms with E-state index in [4.69, 9.17) is 0 Å². The van der Waals surface area contributed by atoms with E-state index in [0.29, 0.717) is 6.04 Å². The van der Waals surface area contributed by atoms with E-state index in [-0.39, 0.29) is 0 Å². The standard InChI is InChI=1S/C9H10N6/c1-2-8(13-11-3-1)9-6-12-14-15(9)7-4-10-5-7/h1-3,6-7,10H,4-5H2. The van der Waals surface area contributed by atoms with E-state index in [0.717, 1.165) is 24.5 Å². The van der Waals surface area contributed by atoms with Gasteiger partial charge in [0.25, 0.3) is 0 Å². The van der Waals surface area contributed by atoms with Crippen molar-refractivity contribution in [3.8, 4) is 11.4 Å². The number of rotatable bonds is 2. The van der Waals surface area contributed by atoms with Crippen LogP contribution < -0.4 is 5.32 Å². The first kappa shape index (κ1) is 8.49. The molecule has 0 radical (unpaired) electrons. The van der Waals surface area contributed by atoms with Crippen LogP contribution in [0.3, 0.4) is 0 Å². The molecule has 6 heteroatoms. The molecule has 3 rings (SSSR count). The zero-order chi connectivity index (χ0) is 10.1. The first-order valence-electron chi connectivity index (χ1n) is 4.84. The maximum Gasteiger partial charge on any atom is 0.113 e. The van der Waals surface area contributed by atoms with Crippen LogP contribution in [0.15, 0.2) is 24.5 Å². The lowest BCUT2D eigenvalue weighted by atomic mass is 10.1. The number of nitrogens with zero attached hydrogens (tertiary/aromatic N) is 5. The summed E-state index contributed by atoms with van der Waals surface area (Å²) in [4.78, 5) is 0. The highest BCUT2D eigenvalue weighted by atomic mass is 15.5. The molecule has 76 valence electrons. The van der Waals surface area contributed by atoms with Gasteiger partial charge in [-0.25, -0.2) is 4.68 Å². The normalized spacial score (nSPS) is 16.3. The van der Waals surface area contributed by atoms with Gasteiger partial charge in [0.15, 0.2) is 0 Å². The van der Waals surface area contributed by atoms with Gasteiger partial charge in [-0.05, 0) is 12.1 Å². The van der Waals surface area contributed by atoms with Gasteiger partial charge in [0.05, 0.1) is 12.2 Å². The van der Waals surface area contributed by atoms with Crippen LogP contribution in [0.4, 0.5) is 0 Å². The maximum atomic E-state index is 4.07. The van der Waals surface area contributed by atoms with Gasteiger partial charge in [0.1, 0.15) is 11.4 Å². The molecule has 1 N–H and O–H groups in total. The average Bonchev–Trinajstić information content (AvgIpc) is 2.65. The first-order chi connectivity index (χ1) is 7.45. The Hall–Kier alpha value is -1.82. The highest BCUT2D eigenvalue weighted by Gasteiger charge is 2.23. The number of aromatic nitrogens is 5. The molecule has 0 unspecified atom stereocenters. The molecule has 0 saturated carbocycles. The van der Waals surface area contributed by atoms with E-state index in [9.17, 15) is 0 Å². The zero-order valence-corrected chi connectivity index (χ0v) is 8.04. The van der Waals surface area contributed by atoms with Crippen LogP contribution >= 0.6 is 0 Å². The molecule has 15 heavy (non-hydrogen) atoms. The second-order valence-electron chi connectivity index (χ2n) is 3.48. The molecule has 0 amide bonds. The lowest BCUT2D eigenvalue weighted by Gasteiger charge is -2.27. The zero-order valence-electron chi connectivity index (χ0n) is 8.04. The van der Waals surface area contributed by atoms with Crippen LogP contribution in [-0.2, 0) is 0 Å². The topological polar surface area (TPSA) is 68.5 Å². The maximum absolute atomic E-state index is 4.07. The number of nitrogens with one attached hydrogen (secondary N) is 1. The van der Waals surface area contributed by atoms with Crippen molar-refractivity contribution in [2.24, 2.45) is 0 Å². The average molecular weight is 202 g/mol. The molecule has 6 nitrogen and oxygen atoms in total. The van der Waals surface area contributed by atoms with Crippen molar-refractivity contribution in [1.29, 1.82) is 0 Å². The lowest BCUT2D eigenvalue weighted by molar-refractivity contribution is 0.315. The Labute approximate surface area is 86.3 Å². The predicted molar refractivity (Wildman–Crippen MR) is 53.0 cm³/mol. The largest absolute Gasteiger partial charge is 0.312 e. The molecule has 3 heterocycles. The highest BCUT2D eigenvalue weighted by Crippen LogP contribution is 2.20. The van der Waals surface area contributed by atoms with Gasteiger partial charge in [-0.1, -0.05) is 5.21 Å². The number of hydrogen-bond acceptors (Lipinski definition) is 5. The Morgan fingerprint density at radius 3 is 2.93 bits per heavy atom. The molecule has 1 aliphatic rings. The Bertz CT molecular complexity index is 447. The van der Waals surface area contributed by atoms with Gasteiger partial charge in [-0.2, -0.15) is 5.10 Å². The molecular weight excluding hydrogens is 192 g/mol. The fourth-order valence-corrected chi connectivity index (χ4v) is 1.58. The van der Waals surface area contributed by atoms with E-state index >= 15 is 0 Å². The Balaban J connectivity index is 2.01. The van der Waals surface area contributed by atoms with Crippen LogP contribution in [0.2, 0.25) is 0 Å². The van der Waals surface area contributed by atoms with Crippen molar-refractivity contribution >= 4 is 0 Å². The van der Waals surface area contributed by atoms with Crippen molar-refractivity contribution in [3.63, 3.8) is 0 Å². The third-order valence-corrected chi connectivity index (χ3v) is 2.52. The van der Waals surface area contributed by atoms with E-state index in [1.807, 2.05) is 16.8 Å². The quantitative estimate of drug-likeness (QED) is 0.735. The molecule has 1 saturated heterocycles. The minimum absolute atomic E-state index is 0.393. The summed E-state index contributed by atoms with van der Waals surface area (Å²) < 4.78 is 1.90. The second-order valence-corrected chi connectivity index (χ2v) is 3.48. The molecule has 0 spiro atoms. The van der Waals surface area contributed by atoms with Gasteiger partial charge >= 0.3 is 0 Å². The van der Waals surface area contributed by atoms with Crippen LogP contribution in [0.25, 0.3) is 11.4 Å². The smallest absolute Gasteiger partial charge is 0.113 e. The van der Waals surface area contributed by atoms with Crippen LogP contribution in [0.1, 0.15) is 6.04 Å². The summed E-state index contributed by atoms with van der Waals surface area (Å²) in [6.07, 6.45) is 3.38. The van der Waals surface area contributed by atoms with Gasteiger partial charge in [-0.3, -0.25) is 0 Å². The van der Waals surface area contributed by atoms with Crippen LogP contribution in [-0.4, -0.2) is 38.3 Å². The third kappa shape index (κ3) is 1.39. The van der Waals surface area contributed by atoms with Gasteiger partial charge in [0.2, 0.25) is 0 Å². The predicted octanol–water partition coefficient (Wildman–Crippen LogP) is -0.121. The third-order valence-electron chi connectivity index (χ3n) is 2.52. The van der Waals surface area contributed by atoms with E-state index in [2.05, 4.69) is 25.8 Å². The Morgan fingerprint density at radius 2 is 2.27 bits per heavy atom. The van der Waals surface area contributed by atoms with Crippen molar-refractivity contribution < 1.29 is 0 Å². The van der Waals surface area contributed by atoms with Crippen molar-refractivity contribution in [2.45, 2.75) is 6.04 Å². The summed E-state index contributed by atoms with van der Waals surface area (Å²) in [5, 5.41) is 19.1. The molecule has 1 fully saturated rings. The van der Waals surface area contributed by atoms with E-state index in [1.165, 1.54) is 0 Å². The minimum Gasteiger partial charge on any atom is -0.312 e. The van der Waals surface area contributed by atoms with E-state index < -0.39 is 0 Å².